The molecule has 0 aromatic carbocycles. The Morgan fingerprint density at radius 3 is 2.71 bits per heavy atom. The summed E-state index contributed by atoms with van der Waals surface area (Å²) in [4.78, 5) is 11.3. The number of hydrogen-bond acceptors (Lipinski definition) is 2. The summed E-state index contributed by atoms with van der Waals surface area (Å²) in [7, 11) is 0. The van der Waals surface area contributed by atoms with Crippen LogP contribution in [0.25, 0.3) is 0 Å². The molecule has 0 spiro atoms. The Morgan fingerprint density at radius 2 is 2.21 bits per heavy atom. The summed E-state index contributed by atoms with van der Waals surface area (Å²) in [6.07, 6.45) is 3.92. The van der Waals surface area contributed by atoms with Crippen LogP contribution in [0.2, 0.25) is 0 Å². The summed E-state index contributed by atoms with van der Waals surface area (Å²) in [6.45, 7) is 5.48. The molecule has 0 bridgehead atoms. The molecule has 14 heavy (non-hydrogen) atoms. The summed E-state index contributed by atoms with van der Waals surface area (Å²) >= 11 is 0. The molecule has 1 unspecified atom stereocenters. The topological polar surface area (TPSA) is 37.3 Å². The average Bonchev–Trinajstić information content (AvgIpc) is 2.24. The van der Waals surface area contributed by atoms with Gasteiger partial charge in [-0.05, 0) is 40.0 Å². The minimum Gasteiger partial charge on any atom is -0.388 e. The molecule has 0 aromatic rings. The summed E-state index contributed by atoms with van der Waals surface area (Å²) in [5.74, 6) is 0.00681. The van der Waals surface area contributed by atoms with Crippen molar-refractivity contribution in [2.24, 2.45) is 0 Å². The largest absolute Gasteiger partial charge is 0.388 e. The number of allylic oxidation sites excluding steroid dienone is 3. The molecule has 2 nitrogen and oxygen atoms in total. The molecular weight excluding hydrogens is 176 g/mol. The first-order chi connectivity index (χ1) is 6.56. The van der Waals surface area contributed by atoms with Crippen molar-refractivity contribution in [3.05, 3.63) is 22.8 Å². The Hall–Kier alpha value is -0.890. The maximum Gasteiger partial charge on any atom is 0.158 e. The van der Waals surface area contributed by atoms with Crippen molar-refractivity contribution in [2.75, 3.05) is 0 Å². The third-order valence-electron chi connectivity index (χ3n) is 2.81. The first kappa shape index (κ1) is 11.2. The van der Waals surface area contributed by atoms with E-state index in [4.69, 9.17) is 0 Å². The third kappa shape index (κ3) is 2.32. The van der Waals surface area contributed by atoms with Crippen molar-refractivity contribution in [3.8, 4) is 0 Å². The lowest BCUT2D eigenvalue weighted by atomic mass is 9.99. The van der Waals surface area contributed by atoms with Crippen LogP contribution in [0.3, 0.4) is 0 Å². The van der Waals surface area contributed by atoms with Crippen LogP contribution in [0.15, 0.2) is 22.8 Å². The monoisotopic (exact) mass is 194 g/mol. The van der Waals surface area contributed by atoms with Gasteiger partial charge in [0.05, 0.1) is 6.10 Å². The van der Waals surface area contributed by atoms with Crippen molar-refractivity contribution < 1.29 is 9.90 Å². The molecule has 78 valence electrons. The number of aliphatic hydroxyl groups is 1. The van der Waals surface area contributed by atoms with Crippen LogP contribution in [0.1, 0.15) is 40.0 Å². The Bertz CT molecular complexity index is 297. The molecule has 1 rings (SSSR count). The normalized spacial score (nSPS) is 26.6. The molecular formula is C12H18O2. The maximum absolute atomic E-state index is 11.3. The Morgan fingerprint density at radius 1 is 1.57 bits per heavy atom. The number of carbonyl (C=O) groups excluding carboxylic acids is 1. The fourth-order valence-electron chi connectivity index (χ4n) is 2.06. The van der Waals surface area contributed by atoms with E-state index in [9.17, 15) is 9.90 Å². The van der Waals surface area contributed by atoms with Crippen LogP contribution in [-0.2, 0) is 4.79 Å². The van der Waals surface area contributed by atoms with Crippen LogP contribution in [0, 0.1) is 0 Å². The van der Waals surface area contributed by atoms with Crippen LogP contribution in [-0.4, -0.2) is 17.0 Å². The standard InChI is InChI=1S/C12H18O2/c1-4-10-5-6-11(14)12(9(3)13)8(2)7-10/h4,11,14H,5-7H2,1-3H3. The highest BCUT2D eigenvalue weighted by molar-refractivity contribution is 5.95. The highest BCUT2D eigenvalue weighted by Gasteiger charge is 2.21. The SMILES string of the molecule is CC=C1CCC(O)C(C(C)=O)=C(C)C1. The summed E-state index contributed by atoms with van der Waals surface area (Å²) in [6, 6.07) is 0. The summed E-state index contributed by atoms with van der Waals surface area (Å²) < 4.78 is 0. The van der Waals surface area contributed by atoms with Gasteiger partial charge in [0.15, 0.2) is 5.78 Å². The van der Waals surface area contributed by atoms with E-state index in [0.717, 1.165) is 18.4 Å². The highest BCUT2D eigenvalue weighted by atomic mass is 16.3. The van der Waals surface area contributed by atoms with Crippen LogP contribution in [0.4, 0.5) is 0 Å². The van der Waals surface area contributed by atoms with Crippen molar-refractivity contribution in [3.63, 3.8) is 0 Å². The predicted octanol–water partition coefficient (Wildman–Crippen LogP) is 2.38. The minimum atomic E-state index is -0.565. The van der Waals surface area contributed by atoms with Crippen molar-refractivity contribution in [2.45, 2.75) is 46.1 Å². The fourth-order valence-corrected chi connectivity index (χ4v) is 2.06. The second kappa shape index (κ2) is 4.56. The van der Waals surface area contributed by atoms with Gasteiger partial charge in [-0.25, -0.2) is 0 Å². The van der Waals surface area contributed by atoms with Crippen LogP contribution >= 0.6 is 0 Å². The minimum absolute atomic E-state index is 0.00681. The van der Waals surface area contributed by atoms with E-state index in [2.05, 4.69) is 6.08 Å². The van der Waals surface area contributed by atoms with Crippen molar-refractivity contribution in [1.82, 2.24) is 0 Å². The molecule has 0 radical (unpaired) electrons. The Labute approximate surface area is 85.3 Å². The number of hydrogen-bond donors (Lipinski definition) is 1. The van der Waals surface area contributed by atoms with E-state index in [1.807, 2.05) is 13.8 Å². The lowest BCUT2D eigenvalue weighted by Crippen LogP contribution is -2.16. The van der Waals surface area contributed by atoms with E-state index >= 15 is 0 Å². The quantitative estimate of drug-likeness (QED) is 0.651. The Kier molecular flexibility index (Phi) is 3.64. The first-order valence-electron chi connectivity index (χ1n) is 5.09. The first-order valence-corrected chi connectivity index (χ1v) is 5.09. The van der Waals surface area contributed by atoms with Crippen molar-refractivity contribution in [1.29, 1.82) is 0 Å². The van der Waals surface area contributed by atoms with E-state index in [0.29, 0.717) is 12.0 Å². The van der Waals surface area contributed by atoms with Gasteiger partial charge in [0.25, 0.3) is 0 Å². The van der Waals surface area contributed by atoms with Crippen molar-refractivity contribution >= 4 is 5.78 Å². The number of aliphatic hydroxyl groups excluding tert-OH is 1. The molecule has 0 aromatic heterocycles. The second-order valence-corrected chi connectivity index (χ2v) is 3.93. The second-order valence-electron chi connectivity index (χ2n) is 3.93. The summed E-state index contributed by atoms with van der Waals surface area (Å²) in [5, 5.41) is 9.80. The van der Waals surface area contributed by atoms with E-state index in [1.54, 1.807) is 0 Å². The maximum atomic E-state index is 11.3. The van der Waals surface area contributed by atoms with E-state index < -0.39 is 6.10 Å². The third-order valence-corrected chi connectivity index (χ3v) is 2.81. The lowest BCUT2D eigenvalue weighted by Gasteiger charge is -2.11. The molecule has 0 heterocycles. The molecule has 1 N–H and O–H groups in total. The lowest BCUT2D eigenvalue weighted by molar-refractivity contribution is -0.114. The number of ketones is 1. The van der Waals surface area contributed by atoms with Gasteiger partial charge in [-0.2, -0.15) is 0 Å². The molecule has 1 aliphatic carbocycles. The zero-order chi connectivity index (χ0) is 10.7. The zero-order valence-electron chi connectivity index (χ0n) is 9.13. The molecule has 0 saturated heterocycles. The molecule has 0 saturated carbocycles. The molecule has 2 heteroatoms. The van der Waals surface area contributed by atoms with Gasteiger partial charge >= 0.3 is 0 Å². The zero-order valence-corrected chi connectivity index (χ0v) is 9.13. The van der Waals surface area contributed by atoms with Crippen LogP contribution < -0.4 is 0 Å². The van der Waals surface area contributed by atoms with Gasteiger partial charge in [-0.15, -0.1) is 0 Å². The highest BCUT2D eigenvalue weighted by Crippen LogP contribution is 2.27. The number of carbonyl (C=O) groups is 1. The van der Waals surface area contributed by atoms with Gasteiger partial charge in [-0.3, -0.25) is 4.79 Å². The van der Waals surface area contributed by atoms with Crippen LogP contribution in [0.5, 0.6) is 0 Å². The van der Waals surface area contributed by atoms with Gasteiger partial charge in [-0.1, -0.05) is 17.2 Å². The molecule has 0 aliphatic heterocycles. The smallest absolute Gasteiger partial charge is 0.158 e. The molecule has 0 amide bonds. The molecule has 1 atom stereocenters. The van der Waals surface area contributed by atoms with Gasteiger partial charge in [0.2, 0.25) is 0 Å². The van der Waals surface area contributed by atoms with E-state index in [1.165, 1.54) is 12.5 Å². The van der Waals surface area contributed by atoms with Gasteiger partial charge in [0.1, 0.15) is 0 Å². The fraction of sp³-hybridized carbons (Fsp3) is 0.583. The Balaban J connectivity index is 3.02. The molecule has 0 fully saturated rings. The number of Topliss-reactive ketones (excluding diaryl/α,β-unsaturated/α-hetero) is 1. The van der Waals surface area contributed by atoms with Gasteiger partial charge in [0, 0.05) is 5.57 Å². The van der Waals surface area contributed by atoms with E-state index in [-0.39, 0.29) is 5.78 Å². The predicted molar refractivity (Wildman–Crippen MR) is 57.0 cm³/mol. The van der Waals surface area contributed by atoms with Gasteiger partial charge < -0.3 is 5.11 Å². The molecule has 1 aliphatic rings. The summed E-state index contributed by atoms with van der Waals surface area (Å²) in [5.41, 5.74) is 2.97. The average molecular weight is 194 g/mol. The number of rotatable bonds is 1.